The largest absolute Gasteiger partial charge is 0.461 e. The van der Waals surface area contributed by atoms with Gasteiger partial charge in [0, 0.05) is 34.9 Å². The second kappa shape index (κ2) is 9.18. The van der Waals surface area contributed by atoms with Crippen molar-refractivity contribution >= 4 is 35.3 Å². The Labute approximate surface area is 194 Å². The molecule has 0 fully saturated rings. The first kappa shape index (κ1) is 22.7. The Bertz CT molecular complexity index is 1310. The van der Waals surface area contributed by atoms with Crippen molar-refractivity contribution in [1.82, 2.24) is 9.78 Å². The first-order valence-corrected chi connectivity index (χ1v) is 10.5. The van der Waals surface area contributed by atoms with Crippen LogP contribution in [0.2, 0.25) is 0 Å². The fraction of sp³-hybridized carbons (Fsp3) is 0.167. The number of nitrogen functional groups attached to an aromatic ring is 1. The van der Waals surface area contributed by atoms with E-state index >= 15 is 0 Å². The van der Waals surface area contributed by atoms with Crippen molar-refractivity contribution in [2.24, 2.45) is 0 Å². The highest BCUT2D eigenvalue weighted by molar-refractivity contribution is 6.06. The van der Waals surface area contributed by atoms with Gasteiger partial charge in [0.1, 0.15) is 17.7 Å². The van der Waals surface area contributed by atoms with Crippen molar-refractivity contribution in [1.29, 1.82) is 5.41 Å². The van der Waals surface area contributed by atoms with E-state index in [2.05, 4.69) is 15.7 Å². The van der Waals surface area contributed by atoms with E-state index < -0.39 is 23.7 Å². The van der Waals surface area contributed by atoms with Gasteiger partial charge in [-0.25, -0.2) is 13.9 Å². The van der Waals surface area contributed by atoms with Gasteiger partial charge in [-0.2, -0.15) is 5.10 Å². The van der Waals surface area contributed by atoms with E-state index in [-0.39, 0.29) is 12.3 Å². The molecule has 3 aromatic rings. The van der Waals surface area contributed by atoms with E-state index in [0.29, 0.717) is 39.6 Å². The summed E-state index contributed by atoms with van der Waals surface area (Å²) in [5.41, 5.74) is 8.73. The second-order valence-corrected chi connectivity index (χ2v) is 7.64. The number of esters is 1. The van der Waals surface area contributed by atoms with Gasteiger partial charge in [-0.3, -0.25) is 4.79 Å². The number of fused-ring (bicyclic) bond motifs is 1. The van der Waals surface area contributed by atoms with Crippen LogP contribution in [0.25, 0.3) is 0 Å². The lowest BCUT2D eigenvalue weighted by molar-refractivity contribution is -0.113. The Hall–Kier alpha value is -4.47. The fourth-order valence-corrected chi connectivity index (χ4v) is 3.80. The maximum Gasteiger partial charge on any atom is 0.358 e. The predicted octanol–water partition coefficient (Wildman–Crippen LogP) is 3.71. The number of ether oxygens (including phenoxy) is 1. The molecule has 0 aliphatic carbocycles. The lowest BCUT2D eigenvalue weighted by Crippen LogP contribution is -2.31. The molecule has 0 bridgehead atoms. The predicted molar refractivity (Wildman–Crippen MR) is 126 cm³/mol. The smallest absolute Gasteiger partial charge is 0.358 e. The van der Waals surface area contributed by atoms with Crippen LogP contribution in [0.3, 0.4) is 0 Å². The molecule has 1 atom stereocenters. The lowest BCUT2D eigenvalue weighted by Gasteiger charge is -2.29. The molecule has 0 saturated heterocycles. The number of rotatable bonds is 6. The molecular formula is C24H23FN6O3. The standard InChI is InChI=1S/C24H23FN6O3/c1-3-34-24(33)19-11-20-28-13(2)21(22(31(20)30-19)14-4-6-16(25)7-5-14)23(32)29-17-8-9-18(27)15(10-17)12-26/h4-12,22,26,28H,3,27H2,1-2H3,(H,29,32). The number of hydrogen-bond acceptors (Lipinski definition) is 7. The Morgan fingerprint density at radius 1 is 1.26 bits per heavy atom. The van der Waals surface area contributed by atoms with Gasteiger partial charge in [-0.05, 0) is 49.7 Å². The van der Waals surface area contributed by atoms with E-state index in [1.54, 1.807) is 50.2 Å². The van der Waals surface area contributed by atoms with Crippen LogP contribution in [0, 0.1) is 11.2 Å². The van der Waals surface area contributed by atoms with Gasteiger partial charge in [0.2, 0.25) is 0 Å². The molecule has 5 N–H and O–H groups in total. The molecule has 4 rings (SSSR count). The summed E-state index contributed by atoms with van der Waals surface area (Å²) in [6, 6.07) is 11.4. The minimum Gasteiger partial charge on any atom is -0.461 e. The van der Waals surface area contributed by atoms with Crippen LogP contribution in [0.5, 0.6) is 0 Å². The van der Waals surface area contributed by atoms with Crippen molar-refractivity contribution in [3.8, 4) is 0 Å². The van der Waals surface area contributed by atoms with E-state index in [1.807, 2.05) is 0 Å². The molecular weight excluding hydrogens is 439 g/mol. The number of anilines is 3. The number of halogens is 1. The van der Waals surface area contributed by atoms with E-state index in [9.17, 15) is 14.0 Å². The zero-order valence-corrected chi connectivity index (χ0v) is 18.6. The fourth-order valence-electron chi connectivity index (χ4n) is 3.80. The molecule has 1 aliphatic heterocycles. The van der Waals surface area contributed by atoms with Crippen LogP contribution in [-0.2, 0) is 9.53 Å². The summed E-state index contributed by atoms with van der Waals surface area (Å²) >= 11 is 0. The highest BCUT2D eigenvalue weighted by atomic mass is 19.1. The van der Waals surface area contributed by atoms with Crippen LogP contribution in [-0.4, -0.2) is 34.5 Å². The molecule has 0 spiro atoms. The SMILES string of the molecule is CCOC(=O)c1cc2n(n1)C(c1ccc(F)cc1)C(C(=O)Nc1ccc(N)c(C=N)c1)=C(C)N2. The van der Waals surface area contributed by atoms with Gasteiger partial charge >= 0.3 is 5.97 Å². The number of carbonyl (C=O) groups excluding carboxylic acids is 2. The van der Waals surface area contributed by atoms with Crippen molar-refractivity contribution < 1.29 is 18.7 Å². The molecule has 34 heavy (non-hydrogen) atoms. The number of hydrogen-bond donors (Lipinski definition) is 4. The molecule has 1 aromatic heterocycles. The molecule has 10 heteroatoms. The van der Waals surface area contributed by atoms with Gasteiger partial charge in [-0.15, -0.1) is 0 Å². The van der Waals surface area contributed by atoms with Crippen LogP contribution >= 0.6 is 0 Å². The minimum atomic E-state index is -0.740. The molecule has 2 heterocycles. The van der Waals surface area contributed by atoms with E-state index in [0.717, 1.165) is 6.21 Å². The Morgan fingerprint density at radius 2 is 2.00 bits per heavy atom. The second-order valence-electron chi connectivity index (χ2n) is 7.64. The number of carbonyl (C=O) groups is 2. The number of benzene rings is 2. The number of allylic oxidation sites excluding steroid dienone is 1. The first-order valence-electron chi connectivity index (χ1n) is 10.5. The van der Waals surface area contributed by atoms with Crippen LogP contribution in [0.1, 0.15) is 41.5 Å². The van der Waals surface area contributed by atoms with Crippen LogP contribution < -0.4 is 16.4 Å². The maximum absolute atomic E-state index is 13.7. The molecule has 1 amide bonds. The molecule has 1 aliphatic rings. The molecule has 1 unspecified atom stereocenters. The van der Waals surface area contributed by atoms with Crippen LogP contribution in [0.15, 0.2) is 59.8 Å². The Kier molecular flexibility index (Phi) is 6.13. The monoisotopic (exact) mass is 462 g/mol. The van der Waals surface area contributed by atoms with Gasteiger partial charge in [0.05, 0.1) is 12.2 Å². The topological polar surface area (TPSA) is 135 Å². The average Bonchev–Trinajstić information content (AvgIpc) is 3.24. The minimum absolute atomic E-state index is 0.0834. The average molecular weight is 462 g/mol. The summed E-state index contributed by atoms with van der Waals surface area (Å²) in [5.74, 6) is -0.948. The number of nitrogens with zero attached hydrogens (tertiary/aromatic N) is 2. The Morgan fingerprint density at radius 3 is 2.68 bits per heavy atom. The summed E-state index contributed by atoms with van der Waals surface area (Å²) in [7, 11) is 0. The summed E-state index contributed by atoms with van der Waals surface area (Å²) in [4.78, 5) is 25.7. The third kappa shape index (κ3) is 4.25. The summed E-state index contributed by atoms with van der Waals surface area (Å²) in [5, 5.41) is 17.8. The normalized spacial score (nSPS) is 14.7. The van der Waals surface area contributed by atoms with Gasteiger partial charge in [0.25, 0.3) is 5.91 Å². The molecule has 0 radical (unpaired) electrons. The first-order chi connectivity index (χ1) is 16.3. The van der Waals surface area contributed by atoms with Gasteiger partial charge in [0.15, 0.2) is 5.69 Å². The van der Waals surface area contributed by atoms with Crippen molar-refractivity contribution in [2.75, 3.05) is 23.0 Å². The third-order valence-corrected chi connectivity index (χ3v) is 5.39. The van der Waals surface area contributed by atoms with E-state index in [4.69, 9.17) is 15.9 Å². The van der Waals surface area contributed by atoms with Crippen LogP contribution in [0.4, 0.5) is 21.6 Å². The Balaban J connectivity index is 1.77. The quantitative estimate of drug-likeness (QED) is 0.251. The zero-order chi connectivity index (χ0) is 24.4. The molecule has 9 nitrogen and oxygen atoms in total. The molecule has 174 valence electrons. The maximum atomic E-state index is 13.7. The van der Waals surface area contributed by atoms with E-state index in [1.165, 1.54) is 16.8 Å². The number of nitrogens with one attached hydrogen (secondary N) is 3. The van der Waals surface area contributed by atoms with Crippen molar-refractivity contribution in [3.05, 3.63) is 82.4 Å². The highest BCUT2D eigenvalue weighted by Gasteiger charge is 2.34. The number of amides is 1. The number of aromatic nitrogens is 2. The zero-order valence-electron chi connectivity index (χ0n) is 18.6. The highest BCUT2D eigenvalue weighted by Crippen LogP contribution is 2.37. The molecule has 0 saturated carbocycles. The summed E-state index contributed by atoms with van der Waals surface area (Å²) < 4.78 is 20.2. The molecule has 2 aromatic carbocycles. The van der Waals surface area contributed by atoms with Crippen molar-refractivity contribution in [2.45, 2.75) is 19.9 Å². The summed E-state index contributed by atoms with van der Waals surface area (Å²) in [6.07, 6.45) is 1.10. The van der Waals surface area contributed by atoms with Crippen molar-refractivity contribution in [3.63, 3.8) is 0 Å². The lowest BCUT2D eigenvalue weighted by atomic mass is 9.94. The number of nitrogens with two attached hydrogens (primary N) is 1. The third-order valence-electron chi connectivity index (χ3n) is 5.39. The summed E-state index contributed by atoms with van der Waals surface area (Å²) in [6.45, 7) is 3.63. The van der Waals surface area contributed by atoms with Gasteiger partial charge < -0.3 is 26.5 Å². The van der Waals surface area contributed by atoms with Gasteiger partial charge in [-0.1, -0.05) is 12.1 Å².